The first kappa shape index (κ1) is 15.9. The fourth-order valence-electron chi connectivity index (χ4n) is 2.84. The second-order valence-corrected chi connectivity index (χ2v) is 7.95. The molecule has 1 saturated heterocycles. The molecule has 0 saturated carbocycles. The van der Waals surface area contributed by atoms with Gasteiger partial charge in [-0.05, 0) is 24.5 Å². The minimum Gasteiger partial charge on any atom is -0.339 e. The number of hydrogen-bond donors (Lipinski definition) is 0. The van der Waals surface area contributed by atoms with E-state index >= 15 is 0 Å². The van der Waals surface area contributed by atoms with E-state index in [4.69, 9.17) is 0 Å². The smallest absolute Gasteiger partial charge is 0.254 e. The summed E-state index contributed by atoms with van der Waals surface area (Å²) in [5.41, 5.74) is 2.01. The van der Waals surface area contributed by atoms with Gasteiger partial charge in [0, 0.05) is 30.2 Å². The second kappa shape index (κ2) is 8.06. The summed E-state index contributed by atoms with van der Waals surface area (Å²) < 4.78 is 1.16. The van der Waals surface area contributed by atoms with Crippen LogP contribution in [0.15, 0.2) is 29.3 Å². The van der Waals surface area contributed by atoms with Gasteiger partial charge in [-0.3, -0.25) is 9.79 Å². The number of carbonyl (C=O) groups is 1. The summed E-state index contributed by atoms with van der Waals surface area (Å²) in [6, 6.07) is 8.06. The van der Waals surface area contributed by atoms with E-state index in [1.54, 1.807) is 11.8 Å². The fourth-order valence-corrected chi connectivity index (χ4v) is 4.85. The maximum atomic E-state index is 12.9. The zero-order valence-electron chi connectivity index (χ0n) is 12.8. The topological polar surface area (TPSA) is 32.7 Å². The number of thioether (sulfide) groups is 2. The van der Waals surface area contributed by atoms with E-state index in [9.17, 15) is 4.79 Å². The number of carbonyl (C=O) groups excluding carboxylic acids is 1. The Morgan fingerprint density at radius 2 is 1.95 bits per heavy atom. The molecular weight excluding hydrogens is 312 g/mol. The number of rotatable bonds is 3. The number of nitrogens with zero attached hydrogens (tertiary/aromatic N) is 2. The standard InChI is InChI=1S/C17H22N2OS2/c20-16(19-10-5-1-2-6-11-19)15-8-4-3-7-14(15)13-22-17-18-9-12-21-17/h3-4,7-8H,1-2,5-6,9-13H2. The molecule has 22 heavy (non-hydrogen) atoms. The maximum Gasteiger partial charge on any atom is 0.254 e. The third-order valence-corrected chi connectivity index (χ3v) is 6.35. The van der Waals surface area contributed by atoms with Crippen LogP contribution < -0.4 is 0 Å². The number of benzene rings is 1. The highest BCUT2D eigenvalue weighted by molar-refractivity contribution is 8.38. The molecule has 0 unspecified atom stereocenters. The van der Waals surface area contributed by atoms with E-state index in [-0.39, 0.29) is 5.91 Å². The van der Waals surface area contributed by atoms with Gasteiger partial charge >= 0.3 is 0 Å². The normalized spacial score (nSPS) is 18.9. The molecule has 2 aliphatic rings. The quantitative estimate of drug-likeness (QED) is 0.836. The molecule has 1 amide bonds. The largest absolute Gasteiger partial charge is 0.339 e. The van der Waals surface area contributed by atoms with Gasteiger partial charge in [0.1, 0.15) is 4.38 Å². The molecule has 1 fully saturated rings. The Morgan fingerprint density at radius 1 is 1.18 bits per heavy atom. The maximum absolute atomic E-state index is 12.9. The van der Waals surface area contributed by atoms with Crippen molar-refractivity contribution in [2.24, 2.45) is 4.99 Å². The summed E-state index contributed by atoms with van der Waals surface area (Å²) in [6.45, 7) is 2.74. The Kier molecular flexibility index (Phi) is 5.84. The van der Waals surface area contributed by atoms with Crippen molar-refractivity contribution in [1.82, 2.24) is 4.90 Å². The molecule has 0 spiro atoms. The Balaban J connectivity index is 1.70. The predicted octanol–water partition coefficient (Wildman–Crippen LogP) is 4.04. The molecule has 0 N–H and O–H groups in total. The highest BCUT2D eigenvalue weighted by Gasteiger charge is 2.20. The molecule has 3 nitrogen and oxygen atoms in total. The predicted molar refractivity (Wildman–Crippen MR) is 96.9 cm³/mol. The zero-order valence-corrected chi connectivity index (χ0v) is 14.4. The molecule has 5 heteroatoms. The average molecular weight is 335 g/mol. The van der Waals surface area contributed by atoms with Crippen molar-refractivity contribution in [1.29, 1.82) is 0 Å². The lowest BCUT2D eigenvalue weighted by Crippen LogP contribution is -2.32. The molecule has 0 bridgehead atoms. The number of hydrogen-bond acceptors (Lipinski definition) is 4. The van der Waals surface area contributed by atoms with Gasteiger partial charge in [0.05, 0.1) is 6.54 Å². The van der Waals surface area contributed by atoms with Crippen LogP contribution in [0.1, 0.15) is 41.6 Å². The van der Waals surface area contributed by atoms with Crippen molar-refractivity contribution in [3.63, 3.8) is 0 Å². The Morgan fingerprint density at radius 3 is 2.68 bits per heavy atom. The van der Waals surface area contributed by atoms with Crippen LogP contribution in [-0.2, 0) is 5.75 Å². The first-order chi connectivity index (χ1) is 10.8. The number of aliphatic imine (C=N–C) groups is 1. The summed E-state index contributed by atoms with van der Waals surface area (Å²) in [5, 5.41) is 0. The van der Waals surface area contributed by atoms with Gasteiger partial charge in [-0.2, -0.15) is 0 Å². The van der Waals surface area contributed by atoms with Crippen LogP contribution in [0.4, 0.5) is 0 Å². The van der Waals surface area contributed by atoms with Crippen LogP contribution in [0.25, 0.3) is 0 Å². The van der Waals surface area contributed by atoms with E-state index in [1.165, 1.54) is 12.8 Å². The van der Waals surface area contributed by atoms with Gasteiger partial charge in [0.2, 0.25) is 0 Å². The van der Waals surface area contributed by atoms with Crippen molar-refractivity contribution in [3.05, 3.63) is 35.4 Å². The summed E-state index contributed by atoms with van der Waals surface area (Å²) in [6.07, 6.45) is 4.77. The van der Waals surface area contributed by atoms with E-state index in [0.29, 0.717) is 0 Å². The lowest BCUT2D eigenvalue weighted by Gasteiger charge is -2.21. The van der Waals surface area contributed by atoms with E-state index in [1.807, 2.05) is 34.9 Å². The van der Waals surface area contributed by atoms with Crippen LogP contribution in [0.2, 0.25) is 0 Å². The summed E-state index contributed by atoms with van der Waals surface area (Å²) >= 11 is 3.59. The fraction of sp³-hybridized carbons (Fsp3) is 0.529. The van der Waals surface area contributed by atoms with Crippen LogP contribution in [0.5, 0.6) is 0 Å². The van der Waals surface area contributed by atoms with E-state index < -0.39 is 0 Å². The van der Waals surface area contributed by atoms with E-state index in [0.717, 1.165) is 59.5 Å². The molecule has 1 aromatic carbocycles. The molecule has 0 aliphatic carbocycles. The van der Waals surface area contributed by atoms with Crippen molar-refractivity contribution < 1.29 is 4.79 Å². The average Bonchev–Trinajstić information content (AvgIpc) is 2.93. The summed E-state index contributed by atoms with van der Waals surface area (Å²) in [7, 11) is 0. The number of likely N-dealkylation sites (tertiary alicyclic amines) is 1. The third kappa shape index (κ3) is 4.07. The molecule has 2 heterocycles. The third-order valence-electron chi connectivity index (χ3n) is 4.05. The molecule has 118 valence electrons. The molecule has 3 rings (SSSR count). The highest BCUT2D eigenvalue weighted by Crippen LogP contribution is 2.27. The zero-order chi connectivity index (χ0) is 15.2. The van der Waals surface area contributed by atoms with Crippen molar-refractivity contribution in [3.8, 4) is 0 Å². The van der Waals surface area contributed by atoms with Gasteiger partial charge < -0.3 is 4.90 Å². The van der Waals surface area contributed by atoms with Crippen LogP contribution in [0, 0.1) is 0 Å². The lowest BCUT2D eigenvalue weighted by atomic mass is 10.1. The van der Waals surface area contributed by atoms with Crippen molar-refractivity contribution in [2.45, 2.75) is 31.4 Å². The van der Waals surface area contributed by atoms with Gasteiger partial charge in [-0.1, -0.05) is 54.6 Å². The molecule has 0 atom stereocenters. The van der Waals surface area contributed by atoms with Crippen molar-refractivity contribution >= 4 is 33.8 Å². The highest BCUT2D eigenvalue weighted by atomic mass is 32.2. The van der Waals surface area contributed by atoms with Crippen LogP contribution in [-0.4, -0.2) is 40.6 Å². The Hall–Kier alpha value is -0.940. The Labute approximate surface area is 140 Å². The molecule has 0 aromatic heterocycles. The lowest BCUT2D eigenvalue weighted by molar-refractivity contribution is 0.0761. The molecule has 1 aromatic rings. The first-order valence-corrected chi connectivity index (χ1v) is 9.99. The van der Waals surface area contributed by atoms with Gasteiger partial charge in [0.15, 0.2) is 0 Å². The minimum absolute atomic E-state index is 0.208. The summed E-state index contributed by atoms with van der Waals surface area (Å²) in [5.74, 6) is 2.14. The number of amides is 1. The van der Waals surface area contributed by atoms with Gasteiger partial charge in [-0.25, -0.2) is 0 Å². The van der Waals surface area contributed by atoms with Crippen molar-refractivity contribution in [2.75, 3.05) is 25.4 Å². The van der Waals surface area contributed by atoms with E-state index in [2.05, 4.69) is 11.1 Å². The minimum atomic E-state index is 0.208. The Bertz CT molecular complexity index is 551. The second-order valence-electron chi connectivity index (χ2n) is 5.65. The van der Waals surface area contributed by atoms with Crippen LogP contribution >= 0.6 is 23.5 Å². The van der Waals surface area contributed by atoms with Gasteiger partial charge in [-0.15, -0.1) is 0 Å². The van der Waals surface area contributed by atoms with Crippen LogP contribution in [0.3, 0.4) is 0 Å². The molecular formula is C17H22N2OS2. The summed E-state index contributed by atoms with van der Waals surface area (Å²) in [4.78, 5) is 19.4. The molecule has 2 aliphatic heterocycles. The first-order valence-electron chi connectivity index (χ1n) is 8.02. The monoisotopic (exact) mass is 334 g/mol. The molecule has 0 radical (unpaired) electrons. The SMILES string of the molecule is O=C(c1ccccc1CSC1=NCCS1)N1CCCCCC1. The van der Waals surface area contributed by atoms with Gasteiger partial charge in [0.25, 0.3) is 5.91 Å².